The summed E-state index contributed by atoms with van der Waals surface area (Å²) >= 11 is 0. The van der Waals surface area contributed by atoms with Crippen molar-refractivity contribution in [1.82, 2.24) is 9.80 Å². The average molecular weight is 469 g/mol. The van der Waals surface area contributed by atoms with E-state index >= 15 is 0 Å². The van der Waals surface area contributed by atoms with Crippen molar-refractivity contribution >= 4 is 11.8 Å². The second-order valence-corrected chi connectivity index (χ2v) is 7.59. The lowest BCUT2D eigenvalue weighted by Crippen LogP contribution is -2.32. The predicted octanol–water partition coefficient (Wildman–Crippen LogP) is 4.27. The molecular weight excluding hydrogens is 442 g/mol. The van der Waals surface area contributed by atoms with Gasteiger partial charge in [-0.05, 0) is 48.5 Å². The third-order valence-corrected chi connectivity index (χ3v) is 5.11. The fraction of sp³-hybridized carbons (Fsp3) is 0.231. The quantitative estimate of drug-likeness (QED) is 0.446. The molecule has 3 rings (SSSR count). The number of ether oxygens (including phenoxy) is 2. The van der Waals surface area contributed by atoms with Crippen molar-refractivity contribution < 1.29 is 27.8 Å². The van der Waals surface area contributed by atoms with Gasteiger partial charge in [-0.1, -0.05) is 24.3 Å². The minimum Gasteiger partial charge on any atom is -0.489 e. The maximum atomic E-state index is 13.6. The Hall–Kier alpha value is -3.94. The second-order valence-electron chi connectivity index (χ2n) is 7.59. The second kappa shape index (κ2) is 11.8. The molecule has 6 nitrogen and oxygen atoms in total. The van der Waals surface area contributed by atoms with Crippen LogP contribution in [0.1, 0.15) is 20.7 Å². The Morgan fingerprint density at radius 3 is 1.35 bits per heavy atom. The zero-order chi connectivity index (χ0) is 24.5. The number of benzene rings is 3. The third-order valence-electron chi connectivity index (χ3n) is 5.11. The maximum absolute atomic E-state index is 13.6. The standard InChI is InChI=1S/C26H26F2N2O4/c1-29(15-17-33-23-9-5-3-7-21(23)27)25(31)19-11-13-20(14-12-19)26(32)30(2)16-18-34-24-10-6-4-8-22(24)28/h3-14H,15-18H2,1-2H3. The SMILES string of the molecule is CN(CCOc1ccccc1F)C(=O)c1ccc(C(=O)N(C)CCOc2ccccc2F)cc1. The number of hydrogen-bond acceptors (Lipinski definition) is 4. The summed E-state index contributed by atoms with van der Waals surface area (Å²) in [5, 5.41) is 0. The van der Waals surface area contributed by atoms with E-state index in [0.717, 1.165) is 0 Å². The molecule has 0 radical (unpaired) electrons. The summed E-state index contributed by atoms with van der Waals surface area (Å²) in [4.78, 5) is 28.2. The first-order valence-electron chi connectivity index (χ1n) is 10.7. The number of nitrogens with zero attached hydrogens (tertiary/aromatic N) is 2. The van der Waals surface area contributed by atoms with Crippen LogP contribution in [0, 0.1) is 11.6 Å². The number of hydrogen-bond donors (Lipinski definition) is 0. The molecule has 0 saturated heterocycles. The molecule has 0 fully saturated rings. The van der Waals surface area contributed by atoms with Gasteiger partial charge in [-0.2, -0.15) is 0 Å². The van der Waals surface area contributed by atoms with Crippen LogP contribution in [0.4, 0.5) is 8.78 Å². The topological polar surface area (TPSA) is 59.1 Å². The number of carbonyl (C=O) groups is 2. The third kappa shape index (κ3) is 6.54. The number of rotatable bonds is 10. The minimum absolute atomic E-state index is 0.134. The molecule has 34 heavy (non-hydrogen) atoms. The van der Waals surface area contributed by atoms with Crippen LogP contribution in [0.15, 0.2) is 72.8 Å². The maximum Gasteiger partial charge on any atom is 0.253 e. The van der Waals surface area contributed by atoms with Gasteiger partial charge in [0, 0.05) is 25.2 Å². The van der Waals surface area contributed by atoms with Gasteiger partial charge in [-0.25, -0.2) is 8.78 Å². The van der Waals surface area contributed by atoms with Crippen LogP contribution in [0.25, 0.3) is 0 Å². The smallest absolute Gasteiger partial charge is 0.253 e. The normalized spacial score (nSPS) is 10.5. The Kier molecular flexibility index (Phi) is 8.56. The lowest BCUT2D eigenvalue weighted by atomic mass is 10.1. The fourth-order valence-corrected chi connectivity index (χ4v) is 3.11. The van der Waals surface area contributed by atoms with Gasteiger partial charge in [0.1, 0.15) is 13.2 Å². The van der Waals surface area contributed by atoms with Crippen LogP contribution in [0.5, 0.6) is 11.5 Å². The molecule has 0 unspecified atom stereocenters. The van der Waals surface area contributed by atoms with Crippen LogP contribution in [-0.2, 0) is 0 Å². The Morgan fingerprint density at radius 1 is 0.647 bits per heavy atom. The summed E-state index contributed by atoms with van der Waals surface area (Å²) in [6.07, 6.45) is 0. The molecule has 3 aromatic carbocycles. The molecule has 0 atom stereocenters. The Balaban J connectivity index is 1.47. The van der Waals surface area contributed by atoms with Crippen molar-refractivity contribution in [3.8, 4) is 11.5 Å². The van der Waals surface area contributed by atoms with Gasteiger partial charge < -0.3 is 19.3 Å². The van der Waals surface area contributed by atoms with Gasteiger partial charge in [0.05, 0.1) is 13.1 Å². The number of amides is 2. The summed E-state index contributed by atoms with van der Waals surface area (Å²) in [6.45, 7) is 0.802. The first kappa shape index (κ1) is 24.7. The average Bonchev–Trinajstić information content (AvgIpc) is 2.85. The highest BCUT2D eigenvalue weighted by Gasteiger charge is 2.16. The zero-order valence-electron chi connectivity index (χ0n) is 19.0. The van der Waals surface area contributed by atoms with E-state index in [9.17, 15) is 18.4 Å². The highest BCUT2D eigenvalue weighted by atomic mass is 19.1. The Labute approximate surface area is 197 Å². The summed E-state index contributed by atoms with van der Waals surface area (Å²) in [5.41, 5.74) is 0.825. The van der Waals surface area contributed by atoms with E-state index in [-0.39, 0.29) is 49.6 Å². The number of carbonyl (C=O) groups excluding carboxylic acids is 2. The Bertz CT molecular complexity index is 1030. The van der Waals surface area contributed by atoms with Gasteiger partial charge in [0.2, 0.25) is 0 Å². The van der Waals surface area contributed by atoms with Crippen LogP contribution < -0.4 is 9.47 Å². The van der Waals surface area contributed by atoms with Crippen LogP contribution in [0.3, 0.4) is 0 Å². The predicted molar refractivity (Wildman–Crippen MR) is 124 cm³/mol. The van der Waals surface area contributed by atoms with Crippen LogP contribution >= 0.6 is 0 Å². The van der Waals surface area contributed by atoms with E-state index in [1.165, 1.54) is 34.1 Å². The summed E-state index contributed by atoms with van der Waals surface area (Å²) in [5.74, 6) is -1.14. The van der Waals surface area contributed by atoms with Crippen molar-refractivity contribution in [2.45, 2.75) is 0 Å². The number of likely N-dealkylation sites (N-methyl/N-ethyl adjacent to an activating group) is 2. The molecule has 0 spiro atoms. The van der Waals surface area contributed by atoms with E-state index in [1.54, 1.807) is 62.6 Å². The van der Waals surface area contributed by atoms with Crippen molar-refractivity contribution in [2.75, 3.05) is 40.4 Å². The molecule has 2 amide bonds. The van der Waals surface area contributed by atoms with Crippen LogP contribution in [0.2, 0.25) is 0 Å². The van der Waals surface area contributed by atoms with Crippen LogP contribution in [-0.4, -0.2) is 62.0 Å². The zero-order valence-corrected chi connectivity index (χ0v) is 19.0. The van der Waals surface area contributed by atoms with Gasteiger partial charge >= 0.3 is 0 Å². The van der Waals surface area contributed by atoms with E-state index in [0.29, 0.717) is 11.1 Å². The van der Waals surface area contributed by atoms with Crippen molar-refractivity contribution in [2.24, 2.45) is 0 Å². The van der Waals surface area contributed by atoms with E-state index in [4.69, 9.17) is 9.47 Å². The molecule has 0 bridgehead atoms. The molecule has 0 aliphatic heterocycles. The van der Waals surface area contributed by atoms with Gasteiger partial charge in [0.25, 0.3) is 11.8 Å². The van der Waals surface area contributed by atoms with Gasteiger partial charge in [-0.15, -0.1) is 0 Å². The lowest BCUT2D eigenvalue weighted by molar-refractivity contribution is 0.0762. The monoisotopic (exact) mass is 468 g/mol. The first-order valence-corrected chi connectivity index (χ1v) is 10.7. The van der Waals surface area contributed by atoms with Crippen molar-refractivity contribution in [3.63, 3.8) is 0 Å². The molecular formula is C26H26F2N2O4. The molecule has 0 aromatic heterocycles. The molecule has 0 aliphatic carbocycles. The fourth-order valence-electron chi connectivity index (χ4n) is 3.11. The Morgan fingerprint density at radius 2 is 1.00 bits per heavy atom. The first-order chi connectivity index (χ1) is 16.4. The molecule has 0 saturated carbocycles. The highest BCUT2D eigenvalue weighted by Crippen LogP contribution is 2.16. The van der Waals surface area contributed by atoms with Gasteiger partial charge in [-0.3, -0.25) is 9.59 Å². The minimum atomic E-state index is -0.458. The molecule has 3 aromatic rings. The van der Waals surface area contributed by atoms with E-state index in [2.05, 4.69) is 0 Å². The molecule has 0 aliphatic rings. The highest BCUT2D eigenvalue weighted by molar-refractivity contribution is 5.97. The molecule has 0 N–H and O–H groups in total. The van der Waals surface area contributed by atoms with Crippen molar-refractivity contribution in [1.29, 1.82) is 0 Å². The molecule has 178 valence electrons. The molecule has 0 heterocycles. The summed E-state index contributed by atoms with van der Waals surface area (Å²) in [6, 6.07) is 18.5. The summed E-state index contributed by atoms with van der Waals surface area (Å²) in [7, 11) is 3.24. The number of para-hydroxylation sites is 2. The summed E-state index contributed by atoms with van der Waals surface area (Å²) < 4.78 is 38.0. The van der Waals surface area contributed by atoms with Crippen molar-refractivity contribution in [3.05, 3.63) is 95.6 Å². The number of halogens is 2. The van der Waals surface area contributed by atoms with E-state index < -0.39 is 11.6 Å². The molecule has 8 heteroatoms. The van der Waals surface area contributed by atoms with Gasteiger partial charge in [0.15, 0.2) is 23.1 Å². The van der Waals surface area contributed by atoms with E-state index in [1.807, 2.05) is 0 Å². The largest absolute Gasteiger partial charge is 0.489 e. The lowest BCUT2D eigenvalue weighted by Gasteiger charge is -2.19.